The van der Waals surface area contributed by atoms with Crippen LogP contribution in [-0.2, 0) is 10.0 Å². The molecular formula is C11H16BrNO3S. The van der Waals surface area contributed by atoms with Gasteiger partial charge in [-0.2, -0.15) is 0 Å². The van der Waals surface area contributed by atoms with Crippen LogP contribution in [0.2, 0.25) is 0 Å². The Bertz CT molecular complexity index is 483. The average Bonchev–Trinajstić information content (AvgIpc) is 2.28. The highest BCUT2D eigenvalue weighted by molar-refractivity contribution is 9.10. The molecule has 0 fully saturated rings. The molecule has 0 bridgehead atoms. The molecule has 0 heterocycles. The molecule has 1 rings (SSSR count). The van der Waals surface area contributed by atoms with Gasteiger partial charge in [0.1, 0.15) is 0 Å². The van der Waals surface area contributed by atoms with E-state index in [1.165, 1.54) is 12.1 Å². The fourth-order valence-electron chi connectivity index (χ4n) is 1.23. The number of aliphatic hydroxyl groups is 1. The smallest absolute Gasteiger partial charge is 0.241 e. The number of nitrogens with one attached hydrogen (secondary N) is 1. The summed E-state index contributed by atoms with van der Waals surface area (Å²) in [6.45, 7) is 3.25. The van der Waals surface area contributed by atoms with E-state index in [9.17, 15) is 13.5 Å². The second-order valence-corrected chi connectivity index (χ2v) is 6.73. The highest BCUT2D eigenvalue weighted by Crippen LogP contribution is 2.19. The zero-order chi connectivity index (χ0) is 13.1. The topological polar surface area (TPSA) is 66.4 Å². The lowest BCUT2D eigenvalue weighted by Crippen LogP contribution is -2.48. The Morgan fingerprint density at radius 3 is 2.59 bits per heavy atom. The number of sulfonamides is 1. The van der Waals surface area contributed by atoms with E-state index >= 15 is 0 Å². The molecule has 1 aromatic rings. The summed E-state index contributed by atoms with van der Waals surface area (Å²) in [7, 11) is -3.60. The van der Waals surface area contributed by atoms with Gasteiger partial charge in [-0.1, -0.05) is 28.9 Å². The Labute approximate surface area is 110 Å². The molecule has 0 amide bonds. The lowest BCUT2D eigenvalue weighted by atomic mass is 10.0. The molecule has 0 spiro atoms. The van der Waals surface area contributed by atoms with E-state index in [2.05, 4.69) is 20.7 Å². The zero-order valence-corrected chi connectivity index (χ0v) is 12.2. The van der Waals surface area contributed by atoms with Crippen molar-refractivity contribution in [1.29, 1.82) is 0 Å². The third-order valence-corrected chi connectivity index (χ3v) is 4.75. The van der Waals surface area contributed by atoms with E-state index in [1.54, 1.807) is 19.1 Å². The van der Waals surface area contributed by atoms with Crippen LogP contribution in [0.5, 0.6) is 0 Å². The van der Waals surface area contributed by atoms with Gasteiger partial charge in [-0.15, -0.1) is 0 Å². The Balaban J connectivity index is 3.05. The first-order chi connectivity index (χ1) is 7.83. The van der Waals surface area contributed by atoms with Crippen LogP contribution in [-0.4, -0.2) is 25.7 Å². The van der Waals surface area contributed by atoms with Gasteiger partial charge >= 0.3 is 0 Å². The van der Waals surface area contributed by atoms with E-state index in [0.29, 0.717) is 10.9 Å². The van der Waals surface area contributed by atoms with Crippen LogP contribution in [0.25, 0.3) is 0 Å². The summed E-state index contributed by atoms with van der Waals surface area (Å²) < 4.78 is 27.4. The number of halogens is 1. The van der Waals surface area contributed by atoms with Gasteiger partial charge < -0.3 is 5.11 Å². The van der Waals surface area contributed by atoms with E-state index in [4.69, 9.17) is 0 Å². The van der Waals surface area contributed by atoms with Gasteiger partial charge in [-0.3, -0.25) is 0 Å². The lowest BCUT2D eigenvalue weighted by Gasteiger charge is -2.26. The second-order valence-electron chi connectivity index (χ2n) is 4.14. The number of hydrogen-bond donors (Lipinski definition) is 2. The predicted octanol–water partition coefficient (Wildman–Crippen LogP) is 1.89. The molecule has 1 unspecified atom stereocenters. The SMILES string of the molecule is CCC(C)(CO)NS(=O)(=O)c1cccc(Br)c1. The van der Waals surface area contributed by atoms with Gasteiger partial charge in [0.05, 0.1) is 17.0 Å². The van der Waals surface area contributed by atoms with Crippen molar-refractivity contribution in [2.45, 2.75) is 30.7 Å². The van der Waals surface area contributed by atoms with Gasteiger partial charge in [-0.25, -0.2) is 13.1 Å². The molecule has 17 heavy (non-hydrogen) atoms. The Morgan fingerprint density at radius 1 is 1.47 bits per heavy atom. The van der Waals surface area contributed by atoms with Gasteiger partial charge in [0.25, 0.3) is 0 Å². The third kappa shape index (κ3) is 3.77. The maximum absolute atomic E-state index is 12.1. The number of hydrogen-bond acceptors (Lipinski definition) is 3. The Hall–Kier alpha value is -0.430. The largest absolute Gasteiger partial charge is 0.394 e. The first-order valence-electron chi connectivity index (χ1n) is 5.23. The van der Waals surface area contributed by atoms with Crippen molar-refractivity contribution < 1.29 is 13.5 Å². The fourth-order valence-corrected chi connectivity index (χ4v) is 3.30. The van der Waals surface area contributed by atoms with Crippen molar-refractivity contribution in [1.82, 2.24) is 4.72 Å². The molecule has 2 N–H and O–H groups in total. The molecule has 0 aliphatic heterocycles. The quantitative estimate of drug-likeness (QED) is 0.870. The second kappa shape index (κ2) is 5.48. The van der Waals surface area contributed by atoms with Crippen molar-refractivity contribution >= 4 is 26.0 Å². The standard InChI is InChI=1S/C11H16BrNO3S/c1-3-11(2,8-14)13-17(15,16)10-6-4-5-9(12)7-10/h4-7,13-14H,3,8H2,1-2H3. The van der Waals surface area contributed by atoms with Crippen molar-refractivity contribution in [2.75, 3.05) is 6.61 Å². The van der Waals surface area contributed by atoms with Crippen LogP contribution in [0.15, 0.2) is 33.6 Å². The predicted molar refractivity (Wildman–Crippen MR) is 70.2 cm³/mol. The first-order valence-corrected chi connectivity index (χ1v) is 7.51. The first kappa shape index (κ1) is 14.6. The van der Waals surface area contributed by atoms with E-state index in [0.717, 1.165) is 0 Å². The molecule has 1 aromatic carbocycles. The normalized spacial score (nSPS) is 15.5. The minimum Gasteiger partial charge on any atom is -0.394 e. The summed E-state index contributed by atoms with van der Waals surface area (Å²) in [4.78, 5) is 0.181. The van der Waals surface area contributed by atoms with Gasteiger partial charge in [0.2, 0.25) is 10.0 Å². The average molecular weight is 322 g/mol. The van der Waals surface area contributed by atoms with Crippen LogP contribution < -0.4 is 4.72 Å². The van der Waals surface area contributed by atoms with Crippen molar-refractivity contribution in [3.8, 4) is 0 Å². The third-order valence-electron chi connectivity index (χ3n) is 2.62. The van der Waals surface area contributed by atoms with Crippen LogP contribution in [0.3, 0.4) is 0 Å². The zero-order valence-electron chi connectivity index (χ0n) is 9.77. The minimum atomic E-state index is -3.60. The summed E-state index contributed by atoms with van der Waals surface area (Å²) >= 11 is 3.23. The number of aliphatic hydroxyl groups excluding tert-OH is 1. The van der Waals surface area contributed by atoms with E-state index < -0.39 is 15.6 Å². The lowest BCUT2D eigenvalue weighted by molar-refractivity contribution is 0.191. The molecule has 0 aromatic heterocycles. The Kier molecular flexibility index (Phi) is 4.71. The van der Waals surface area contributed by atoms with Crippen LogP contribution in [0.4, 0.5) is 0 Å². The Morgan fingerprint density at radius 2 is 2.12 bits per heavy atom. The summed E-state index contributed by atoms with van der Waals surface area (Å²) in [5, 5.41) is 9.21. The highest BCUT2D eigenvalue weighted by atomic mass is 79.9. The molecule has 0 saturated heterocycles. The minimum absolute atomic E-state index is 0.181. The number of benzene rings is 1. The van der Waals surface area contributed by atoms with E-state index in [-0.39, 0.29) is 11.5 Å². The summed E-state index contributed by atoms with van der Waals surface area (Å²) in [5.41, 5.74) is -0.832. The van der Waals surface area contributed by atoms with Gasteiger partial charge in [0, 0.05) is 4.47 Å². The monoisotopic (exact) mass is 321 g/mol. The summed E-state index contributed by atoms with van der Waals surface area (Å²) in [6.07, 6.45) is 0.511. The van der Waals surface area contributed by atoms with Crippen molar-refractivity contribution in [3.63, 3.8) is 0 Å². The molecule has 0 saturated carbocycles. The maximum Gasteiger partial charge on any atom is 0.241 e. The molecule has 4 nitrogen and oxygen atoms in total. The van der Waals surface area contributed by atoms with Gasteiger partial charge in [-0.05, 0) is 31.5 Å². The van der Waals surface area contributed by atoms with Crippen LogP contribution >= 0.6 is 15.9 Å². The van der Waals surface area contributed by atoms with Crippen LogP contribution in [0, 0.1) is 0 Å². The van der Waals surface area contributed by atoms with Crippen molar-refractivity contribution in [2.24, 2.45) is 0 Å². The summed E-state index contributed by atoms with van der Waals surface area (Å²) in [5.74, 6) is 0. The maximum atomic E-state index is 12.1. The molecule has 96 valence electrons. The molecule has 0 aliphatic carbocycles. The number of rotatable bonds is 5. The molecular weight excluding hydrogens is 306 g/mol. The highest BCUT2D eigenvalue weighted by Gasteiger charge is 2.28. The molecule has 0 radical (unpaired) electrons. The molecule has 1 atom stereocenters. The molecule has 0 aliphatic rings. The van der Waals surface area contributed by atoms with Crippen LogP contribution in [0.1, 0.15) is 20.3 Å². The molecule has 6 heteroatoms. The summed E-state index contributed by atoms with van der Waals surface area (Å²) in [6, 6.07) is 6.45. The van der Waals surface area contributed by atoms with E-state index in [1.807, 2.05) is 6.92 Å². The van der Waals surface area contributed by atoms with Gasteiger partial charge in [0.15, 0.2) is 0 Å². The van der Waals surface area contributed by atoms with Crippen molar-refractivity contribution in [3.05, 3.63) is 28.7 Å². The fraction of sp³-hybridized carbons (Fsp3) is 0.455.